The van der Waals surface area contributed by atoms with Crippen LogP contribution < -0.4 is 14.8 Å². The van der Waals surface area contributed by atoms with Crippen molar-refractivity contribution in [1.82, 2.24) is 10.2 Å². The summed E-state index contributed by atoms with van der Waals surface area (Å²) >= 11 is 3.42. The van der Waals surface area contributed by atoms with Gasteiger partial charge in [0.2, 0.25) is 5.91 Å². The van der Waals surface area contributed by atoms with Gasteiger partial charge in [0, 0.05) is 36.1 Å². The van der Waals surface area contributed by atoms with Gasteiger partial charge < -0.3 is 19.7 Å². The van der Waals surface area contributed by atoms with Crippen molar-refractivity contribution in [3.05, 3.63) is 58.1 Å². The lowest BCUT2D eigenvalue weighted by atomic mass is 9.96. The van der Waals surface area contributed by atoms with E-state index in [2.05, 4.69) is 21.2 Å². The highest BCUT2D eigenvalue weighted by molar-refractivity contribution is 9.10. The first kappa shape index (κ1) is 23.1. The Balaban J connectivity index is 1.41. The Morgan fingerprint density at radius 3 is 2.35 bits per heavy atom. The fourth-order valence-corrected chi connectivity index (χ4v) is 4.01. The maximum atomic E-state index is 12.8. The average molecular weight is 489 g/mol. The second-order valence-electron chi connectivity index (χ2n) is 7.74. The number of hydrogen-bond donors (Lipinski definition) is 1. The predicted octanol–water partition coefficient (Wildman–Crippen LogP) is 4.07. The van der Waals surface area contributed by atoms with Crippen molar-refractivity contribution in [1.29, 1.82) is 0 Å². The molecule has 3 rings (SSSR count). The van der Waals surface area contributed by atoms with Crippen molar-refractivity contribution in [3.8, 4) is 11.5 Å². The van der Waals surface area contributed by atoms with Gasteiger partial charge in [-0.2, -0.15) is 0 Å². The second kappa shape index (κ2) is 11.2. The van der Waals surface area contributed by atoms with Gasteiger partial charge in [-0.05, 0) is 61.1 Å². The molecule has 1 saturated heterocycles. The monoisotopic (exact) mass is 488 g/mol. The Kier molecular flexibility index (Phi) is 8.35. The van der Waals surface area contributed by atoms with Crippen LogP contribution in [0.4, 0.5) is 0 Å². The number of methoxy groups -OCH3 is 2. The van der Waals surface area contributed by atoms with Crippen LogP contribution in [0.2, 0.25) is 0 Å². The van der Waals surface area contributed by atoms with Crippen LogP contribution in [0.1, 0.15) is 35.2 Å². The molecule has 1 N–H and O–H groups in total. The molecule has 0 aromatic heterocycles. The average Bonchev–Trinajstić information content (AvgIpc) is 2.81. The zero-order chi connectivity index (χ0) is 22.2. The second-order valence-corrected chi connectivity index (χ2v) is 8.65. The van der Waals surface area contributed by atoms with E-state index in [0.717, 1.165) is 29.3 Å². The van der Waals surface area contributed by atoms with Crippen molar-refractivity contribution < 1.29 is 19.1 Å². The van der Waals surface area contributed by atoms with Crippen molar-refractivity contribution in [3.63, 3.8) is 0 Å². The van der Waals surface area contributed by atoms with Crippen molar-refractivity contribution >= 4 is 27.7 Å². The highest BCUT2D eigenvalue weighted by atomic mass is 79.9. The molecule has 1 aliphatic heterocycles. The van der Waals surface area contributed by atoms with E-state index in [1.807, 2.05) is 29.2 Å². The summed E-state index contributed by atoms with van der Waals surface area (Å²) in [5, 5.41) is 3.06. The van der Waals surface area contributed by atoms with Crippen LogP contribution in [0.5, 0.6) is 11.5 Å². The topological polar surface area (TPSA) is 67.9 Å². The molecule has 6 nitrogen and oxygen atoms in total. The van der Waals surface area contributed by atoms with E-state index in [1.54, 1.807) is 32.4 Å². The third kappa shape index (κ3) is 6.47. The molecule has 0 atom stereocenters. The molecular formula is C24H29BrN2O4. The van der Waals surface area contributed by atoms with Crippen LogP contribution >= 0.6 is 15.9 Å². The lowest BCUT2D eigenvalue weighted by Crippen LogP contribution is -2.41. The van der Waals surface area contributed by atoms with Crippen molar-refractivity contribution in [2.24, 2.45) is 5.92 Å². The van der Waals surface area contributed by atoms with E-state index in [1.165, 1.54) is 0 Å². The predicted molar refractivity (Wildman–Crippen MR) is 124 cm³/mol. The molecule has 0 aliphatic carbocycles. The van der Waals surface area contributed by atoms with Gasteiger partial charge in [-0.15, -0.1) is 0 Å². The fraction of sp³-hybridized carbons (Fsp3) is 0.417. The first-order valence-corrected chi connectivity index (χ1v) is 11.3. The number of nitrogens with zero attached hydrogens (tertiary/aromatic N) is 1. The molecule has 7 heteroatoms. The molecule has 2 aromatic rings. The van der Waals surface area contributed by atoms with Gasteiger partial charge in [-0.1, -0.05) is 28.1 Å². The first-order valence-electron chi connectivity index (χ1n) is 10.5. The number of carbonyl (C=O) groups excluding carboxylic acids is 2. The number of ether oxygens (including phenoxy) is 2. The molecule has 0 saturated carbocycles. The summed E-state index contributed by atoms with van der Waals surface area (Å²) < 4.78 is 11.6. The molecule has 0 bridgehead atoms. The number of nitrogens with one attached hydrogen (secondary N) is 1. The number of carbonyl (C=O) groups is 2. The molecular weight excluding hydrogens is 460 g/mol. The molecule has 2 aromatic carbocycles. The molecule has 2 amide bonds. The van der Waals surface area contributed by atoms with E-state index in [4.69, 9.17) is 9.47 Å². The van der Waals surface area contributed by atoms with Crippen LogP contribution in [0.25, 0.3) is 0 Å². The van der Waals surface area contributed by atoms with Gasteiger partial charge in [0.05, 0.1) is 14.2 Å². The maximum Gasteiger partial charge on any atom is 0.253 e. The van der Waals surface area contributed by atoms with Crippen LogP contribution in [0.3, 0.4) is 0 Å². The molecule has 0 radical (unpaired) electrons. The summed E-state index contributed by atoms with van der Waals surface area (Å²) in [6.07, 6.45) is 2.98. The minimum atomic E-state index is -0.00191. The molecule has 166 valence electrons. The Hall–Kier alpha value is -2.54. The summed E-state index contributed by atoms with van der Waals surface area (Å²) in [6.45, 7) is 2.04. The highest BCUT2D eigenvalue weighted by Crippen LogP contribution is 2.28. The van der Waals surface area contributed by atoms with E-state index in [-0.39, 0.29) is 11.8 Å². The molecule has 1 aliphatic rings. The van der Waals surface area contributed by atoms with Gasteiger partial charge in [-0.25, -0.2) is 0 Å². The summed E-state index contributed by atoms with van der Waals surface area (Å²) in [4.78, 5) is 26.9. The van der Waals surface area contributed by atoms with Crippen molar-refractivity contribution in [2.75, 3.05) is 33.9 Å². The quantitative estimate of drug-likeness (QED) is 0.607. The van der Waals surface area contributed by atoms with Gasteiger partial charge in [0.25, 0.3) is 5.91 Å². The van der Waals surface area contributed by atoms with Crippen LogP contribution in [-0.4, -0.2) is 50.6 Å². The maximum absolute atomic E-state index is 12.8. The minimum absolute atomic E-state index is 0.00191. The van der Waals surface area contributed by atoms with E-state index < -0.39 is 0 Å². The van der Waals surface area contributed by atoms with E-state index in [9.17, 15) is 9.59 Å². The van der Waals surface area contributed by atoms with Gasteiger partial charge in [-0.3, -0.25) is 9.59 Å². The standard InChI is InChI=1S/C24H29BrN2O4/c1-30-21-9-6-19(15-22(21)31-2)24(29)27-13-11-18(12-14-27)16-26-23(28)10-5-17-3-7-20(25)8-4-17/h3-4,6-9,15,18H,5,10-14,16H2,1-2H3,(H,26,28). The number of halogens is 1. The summed E-state index contributed by atoms with van der Waals surface area (Å²) in [6, 6.07) is 13.3. The third-order valence-electron chi connectivity index (χ3n) is 5.67. The van der Waals surface area contributed by atoms with Crippen molar-refractivity contribution in [2.45, 2.75) is 25.7 Å². The lowest BCUT2D eigenvalue weighted by molar-refractivity contribution is -0.121. The number of likely N-dealkylation sites (tertiary alicyclic amines) is 1. The number of piperidine rings is 1. The zero-order valence-corrected chi connectivity index (χ0v) is 19.6. The van der Waals surface area contributed by atoms with Gasteiger partial charge >= 0.3 is 0 Å². The Labute approximate surface area is 192 Å². The number of benzene rings is 2. The first-order chi connectivity index (χ1) is 15.0. The van der Waals surface area contributed by atoms with E-state index >= 15 is 0 Å². The normalized spacial score (nSPS) is 14.2. The smallest absolute Gasteiger partial charge is 0.253 e. The lowest BCUT2D eigenvalue weighted by Gasteiger charge is -2.32. The SMILES string of the molecule is COc1ccc(C(=O)N2CCC(CNC(=O)CCc3ccc(Br)cc3)CC2)cc1OC. The number of hydrogen-bond acceptors (Lipinski definition) is 4. The highest BCUT2D eigenvalue weighted by Gasteiger charge is 2.24. The number of rotatable bonds is 8. The Bertz CT molecular complexity index is 893. The van der Waals surface area contributed by atoms with Gasteiger partial charge in [0.1, 0.15) is 0 Å². The molecule has 31 heavy (non-hydrogen) atoms. The molecule has 0 unspecified atom stereocenters. The van der Waals surface area contributed by atoms with Crippen LogP contribution in [0, 0.1) is 5.92 Å². The number of aryl methyl sites for hydroxylation is 1. The Morgan fingerprint density at radius 1 is 1.03 bits per heavy atom. The number of amides is 2. The largest absolute Gasteiger partial charge is 0.493 e. The van der Waals surface area contributed by atoms with Gasteiger partial charge in [0.15, 0.2) is 11.5 Å². The fourth-order valence-electron chi connectivity index (χ4n) is 3.75. The summed E-state index contributed by atoms with van der Waals surface area (Å²) in [7, 11) is 3.13. The minimum Gasteiger partial charge on any atom is -0.493 e. The summed E-state index contributed by atoms with van der Waals surface area (Å²) in [5.41, 5.74) is 1.75. The van der Waals surface area contributed by atoms with Crippen LogP contribution in [-0.2, 0) is 11.2 Å². The zero-order valence-electron chi connectivity index (χ0n) is 18.0. The summed E-state index contributed by atoms with van der Waals surface area (Å²) in [5.74, 6) is 1.62. The molecule has 0 spiro atoms. The third-order valence-corrected chi connectivity index (χ3v) is 6.20. The van der Waals surface area contributed by atoms with Crippen LogP contribution in [0.15, 0.2) is 46.9 Å². The van der Waals surface area contributed by atoms with E-state index in [0.29, 0.717) is 49.0 Å². The molecule has 1 heterocycles. The molecule has 1 fully saturated rings. The Morgan fingerprint density at radius 2 is 1.71 bits per heavy atom.